The lowest BCUT2D eigenvalue weighted by molar-refractivity contribution is -0.118. The zero-order valence-electron chi connectivity index (χ0n) is 21.8. The lowest BCUT2D eigenvalue weighted by atomic mass is 9.99. The van der Waals surface area contributed by atoms with Gasteiger partial charge in [-0.1, -0.05) is 72.8 Å². The smallest absolute Gasteiger partial charge is 0.228 e. The molecule has 2 amide bonds. The molecule has 2 N–H and O–H groups in total. The average molecular weight is 501 g/mol. The van der Waals surface area contributed by atoms with Crippen molar-refractivity contribution in [3.63, 3.8) is 0 Å². The fourth-order valence-electron chi connectivity index (χ4n) is 5.52. The first kappa shape index (κ1) is 24.2. The van der Waals surface area contributed by atoms with Crippen LogP contribution in [0.5, 0.6) is 0 Å². The summed E-state index contributed by atoms with van der Waals surface area (Å²) < 4.78 is 0. The van der Waals surface area contributed by atoms with E-state index >= 15 is 0 Å². The Bertz CT molecular complexity index is 1380. The zero-order valence-corrected chi connectivity index (χ0v) is 21.8. The van der Waals surface area contributed by atoms with Crippen LogP contribution in [0.25, 0.3) is 11.1 Å². The molecule has 4 heteroatoms. The highest BCUT2D eigenvalue weighted by atomic mass is 16.2. The minimum absolute atomic E-state index is 0.0421. The summed E-state index contributed by atoms with van der Waals surface area (Å²) in [4.78, 5) is 25.7. The second-order valence-electron chi connectivity index (χ2n) is 10.8. The molecule has 0 spiro atoms. The van der Waals surface area contributed by atoms with E-state index in [1.807, 2.05) is 74.5 Å². The summed E-state index contributed by atoms with van der Waals surface area (Å²) >= 11 is 0. The van der Waals surface area contributed by atoms with Crippen molar-refractivity contribution in [3.8, 4) is 11.1 Å². The van der Waals surface area contributed by atoms with Crippen molar-refractivity contribution in [2.24, 2.45) is 11.8 Å². The van der Waals surface area contributed by atoms with Gasteiger partial charge in [-0.2, -0.15) is 0 Å². The Hall–Kier alpha value is -4.18. The van der Waals surface area contributed by atoms with E-state index in [1.54, 1.807) is 0 Å². The quantitative estimate of drug-likeness (QED) is 0.277. The van der Waals surface area contributed by atoms with Gasteiger partial charge in [-0.15, -0.1) is 0 Å². The first-order valence-corrected chi connectivity index (χ1v) is 13.4. The van der Waals surface area contributed by atoms with Gasteiger partial charge in [0.2, 0.25) is 11.8 Å². The third-order valence-electron chi connectivity index (χ3n) is 8.01. The average Bonchev–Trinajstić information content (AvgIpc) is 3.86. The number of carbonyl (C=O) groups excluding carboxylic acids is 2. The standard InChI is InChI=1S/C34H32N2O2/c1-21-17-25(13-15-31(21)35-33(37)29-19-27(29)23-9-5-3-6-10-23)26-14-16-32(22(2)18-26)36-34(38)30-20-28(30)24-11-7-4-8-12-24/h3-18,27-30H,19-20H2,1-2H3,(H,35,37)(H,36,38)/t27-,28-,29-,30-/m1/s1. The van der Waals surface area contributed by atoms with Gasteiger partial charge >= 0.3 is 0 Å². The Morgan fingerprint density at radius 2 is 0.974 bits per heavy atom. The molecule has 0 bridgehead atoms. The van der Waals surface area contributed by atoms with E-state index in [2.05, 4.69) is 47.0 Å². The summed E-state index contributed by atoms with van der Waals surface area (Å²) in [5.41, 5.74) is 8.42. The van der Waals surface area contributed by atoms with E-state index in [0.29, 0.717) is 11.8 Å². The number of benzene rings is 4. The van der Waals surface area contributed by atoms with Crippen LogP contribution in [-0.4, -0.2) is 11.8 Å². The Kier molecular flexibility index (Phi) is 6.32. The Morgan fingerprint density at radius 1 is 0.579 bits per heavy atom. The van der Waals surface area contributed by atoms with Gasteiger partial charge in [0.15, 0.2) is 0 Å². The minimum Gasteiger partial charge on any atom is -0.326 e. The molecule has 4 aromatic carbocycles. The van der Waals surface area contributed by atoms with Gasteiger partial charge in [-0.25, -0.2) is 0 Å². The largest absolute Gasteiger partial charge is 0.326 e. The third kappa shape index (κ3) is 4.99. The summed E-state index contributed by atoms with van der Waals surface area (Å²) in [7, 11) is 0. The van der Waals surface area contributed by atoms with Gasteiger partial charge in [0.05, 0.1) is 0 Å². The minimum atomic E-state index is 0.0421. The summed E-state index contributed by atoms with van der Waals surface area (Å²) in [5, 5.41) is 6.28. The fourth-order valence-corrected chi connectivity index (χ4v) is 5.52. The van der Waals surface area contributed by atoms with Gasteiger partial charge < -0.3 is 10.6 Å². The van der Waals surface area contributed by atoms with Crippen LogP contribution in [0.15, 0.2) is 97.1 Å². The molecule has 0 saturated heterocycles. The second kappa shape index (κ2) is 9.94. The first-order valence-electron chi connectivity index (χ1n) is 13.4. The van der Waals surface area contributed by atoms with Crippen molar-refractivity contribution in [1.29, 1.82) is 0 Å². The Morgan fingerprint density at radius 3 is 1.34 bits per heavy atom. The monoisotopic (exact) mass is 500 g/mol. The number of carbonyl (C=O) groups is 2. The molecule has 4 atom stereocenters. The topological polar surface area (TPSA) is 58.2 Å². The van der Waals surface area contributed by atoms with Crippen molar-refractivity contribution >= 4 is 23.2 Å². The van der Waals surface area contributed by atoms with Gasteiger partial charge in [0.25, 0.3) is 0 Å². The van der Waals surface area contributed by atoms with Crippen LogP contribution in [0.4, 0.5) is 11.4 Å². The van der Waals surface area contributed by atoms with Crippen molar-refractivity contribution in [2.45, 2.75) is 38.5 Å². The fraction of sp³-hybridized carbons (Fsp3) is 0.235. The number of anilines is 2. The van der Waals surface area contributed by atoms with Gasteiger partial charge in [0.1, 0.15) is 0 Å². The Labute approximate surface area is 224 Å². The molecule has 2 saturated carbocycles. The number of hydrogen-bond donors (Lipinski definition) is 2. The van der Waals surface area contributed by atoms with Crippen molar-refractivity contribution < 1.29 is 9.59 Å². The van der Waals surface area contributed by atoms with Crippen LogP contribution < -0.4 is 10.6 Å². The van der Waals surface area contributed by atoms with Crippen LogP contribution in [-0.2, 0) is 9.59 Å². The highest BCUT2D eigenvalue weighted by Gasteiger charge is 2.44. The third-order valence-corrected chi connectivity index (χ3v) is 8.01. The van der Waals surface area contributed by atoms with E-state index in [9.17, 15) is 9.59 Å². The number of hydrogen-bond acceptors (Lipinski definition) is 2. The van der Waals surface area contributed by atoms with Crippen LogP contribution in [0.1, 0.15) is 46.9 Å². The molecule has 0 heterocycles. The number of rotatable bonds is 7. The van der Waals surface area contributed by atoms with Gasteiger partial charge in [-0.05, 0) is 96.2 Å². The number of amides is 2. The lowest BCUT2D eigenvalue weighted by Crippen LogP contribution is -2.15. The molecule has 0 aromatic heterocycles. The van der Waals surface area contributed by atoms with Crippen LogP contribution >= 0.6 is 0 Å². The van der Waals surface area contributed by atoms with Crippen molar-refractivity contribution in [3.05, 3.63) is 119 Å². The predicted molar refractivity (Wildman–Crippen MR) is 153 cm³/mol. The normalized spacial score (nSPS) is 21.4. The molecule has 6 rings (SSSR count). The molecular formula is C34H32N2O2. The first-order chi connectivity index (χ1) is 18.5. The van der Waals surface area contributed by atoms with Crippen LogP contribution in [0, 0.1) is 25.7 Å². The van der Waals surface area contributed by atoms with Gasteiger partial charge in [0, 0.05) is 23.2 Å². The number of nitrogens with one attached hydrogen (secondary N) is 2. The van der Waals surface area contributed by atoms with E-state index < -0.39 is 0 Å². The maximum atomic E-state index is 12.8. The van der Waals surface area contributed by atoms with Crippen LogP contribution in [0.2, 0.25) is 0 Å². The second-order valence-corrected chi connectivity index (χ2v) is 10.8. The van der Waals surface area contributed by atoms with Crippen molar-refractivity contribution in [1.82, 2.24) is 0 Å². The Balaban J connectivity index is 1.08. The molecule has 38 heavy (non-hydrogen) atoms. The molecule has 2 fully saturated rings. The highest BCUT2D eigenvalue weighted by Crippen LogP contribution is 2.49. The maximum absolute atomic E-state index is 12.8. The molecular weight excluding hydrogens is 468 g/mol. The molecule has 2 aliphatic carbocycles. The van der Waals surface area contributed by atoms with E-state index in [0.717, 1.165) is 46.5 Å². The van der Waals surface area contributed by atoms with E-state index in [-0.39, 0.29) is 23.7 Å². The summed E-state index contributed by atoms with van der Waals surface area (Å²) in [6, 6.07) is 32.8. The predicted octanol–water partition coefficient (Wildman–Crippen LogP) is 7.45. The van der Waals surface area contributed by atoms with Gasteiger partial charge in [-0.3, -0.25) is 9.59 Å². The molecule has 0 aliphatic heterocycles. The lowest BCUT2D eigenvalue weighted by Gasteiger charge is -2.13. The maximum Gasteiger partial charge on any atom is 0.228 e. The van der Waals surface area contributed by atoms with E-state index in [4.69, 9.17) is 0 Å². The zero-order chi connectivity index (χ0) is 26.2. The van der Waals surface area contributed by atoms with E-state index in [1.165, 1.54) is 11.1 Å². The molecule has 4 aromatic rings. The molecule has 190 valence electrons. The van der Waals surface area contributed by atoms with Crippen molar-refractivity contribution in [2.75, 3.05) is 10.6 Å². The number of aryl methyl sites for hydroxylation is 2. The summed E-state index contributed by atoms with van der Waals surface area (Å²) in [5.74, 6) is 0.913. The molecule has 4 nitrogen and oxygen atoms in total. The molecule has 0 radical (unpaired) electrons. The highest BCUT2D eigenvalue weighted by molar-refractivity contribution is 5.97. The summed E-state index contributed by atoms with van der Waals surface area (Å²) in [6.07, 6.45) is 1.81. The SMILES string of the molecule is Cc1cc(-c2ccc(NC(=O)[C@@H]3C[C@@H]3c3ccccc3)c(C)c2)ccc1NC(=O)[C@@H]1C[C@@H]1c1ccccc1. The molecule has 2 aliphatic rings. The molecule has 0 unspecified atom stereocenters. The van der Waals surface area contributed by atoms with Crippen LogP contribution in [0.3, 0.4) is 0 Å². The summed E-state index contributed by atoms with van der Waals surface area (Å²) in [6.45, 7) is 4.06.